The molecule has 14 heteroatoms. The van der Waals surface area contributed by atoms with E-state index in [2.05, 4.69) is 26.0 Å². The Bertz CT molecular complexity index is 1030. The molecule has 39 heavy (non-hydrogen) atoms. The predicted octanol–water partition coefficient (Wildman–Crippen LogP) is 3.68. The second-order valence-corrected chi connectivity index (χ2v) is 11.7. The van der Waals surface area contributed by atoms with E-state index in [9.17, 15) is 19.2 Å². The third-order valence-corrected chi connectivity index (χ3v) is 6.54. The van der Waals surface area contributed by atoms with Crippen LogP contribution in [0.5, 0.6) is 0 Å². The smallest absolute Gasteiger partial charge is 0.428 e. The quantitative estimate of drug-likeness (QED) is 0.184. The number of carbonyl (C=O) groups excluding carboxylic acids is 4. The van der Waals surface area contributed by atoms with Crippen molar-refractivity contribution in [2.24, 2.45) is 21.1 Å². The van der Waals surface area contributed by atoms with Crippen LogP contribution < -0.4 is 10.9 Å². The molecule has 0 spiro atoms. The molecule has 0 saturated carbocycles. The number of nitrogens with one attached hydrogen (secondary N) is 2. The van der Waals surface area contributed by atoms with Crippen LogP contribution in [0.2, 0.25) is 0 Å². The van der Waals surface area contributed by atoms with Crippen LogP contribution in [0, 0.1) is 5.92 Å². The second-order valence-electron chi connectivity index (χ2n) is 10.5. The molecule has 0 aromatic carbocycles. The number of hydrazone groups is 2. The minimum absolute atomic E-state index is 0.0246. The van der Waals surface area contributed by atoms with Gasteiger partial charge in [-0.05, 0) is 76.2 Å². The standard InChI is InChI=1S/C25H42N6O7S/c1-12-26-20-31(13-2)19(33)25(39-20,16(5)28-30-22(35)38-24(9,10)11)17(18(32)36-14-3)15(4)27-29-21(34)37-23(6,7)8/h17H,12-14H2,1-11H3,(H,29,34)(H,30,35)/b26-20?,27-15+,28-16+. The summed E-state index contributed by atoms with van der Waals surface area (Å²) in [5.41, 5.74) is 3.14. The van der Waals surface area contributed by atoms with Crippen LogP contribution in [0.15, 0.2) is 15.2 Å². The van der Waals surface area contributed by atoms with Gasteiger partial charge >= 0.3 is 18.2 Å². The molecule has 1 rings (SSSR count). The fourth-order valence-corrected chi connectivity index (χ4v) is 5.13. The van der Waals surface area contributed by atoms with Gasteiger partial charge in [-0.15, -0.1) is 0 Å². The Morgan fingerprint density at radius 2 is 1.46 bits per heavy atom. The zero-order chi connectivity index (χ0) is 30.2. The number of ether oxygens (including phenoxy) is 3. The molecule has 2 N–H and O–H groups in total. The molecule has 0 aliphatic carbocycles. The van der Waals surface area contributed by atoms with Gasteiger partial charge in [0, 0.05) is 13.1 Å². The molecule has 2 atom stereocenters. The van der Waals surface area contributed by atoms with E-state index in [0.29, 0.717) is 11.7 Å². The van der Waals surface area contributed by atoms with E-state index in [0.717, 1.165) is 11.8 Å². The first-order chi connectivity index (χ1) is 17.9. The lowest BCUT2D eigenvalue weighted by atomic mass is 9.83. The Kier molecular flexibility index (Phi) is 12.0. The van der Waals surface area contributed by atoms with E-state index in [1.807, 2.05) is 6.92 Å². The Labute approximate surface area is 234 Å². The Hall–Kier alpha value is -3.16. The highest BCUT2D eigenvalue weighted by molar-refractivity contribution is 8.17. The zero-order valence-corrected chi connectivity index (χ0v) is 25.6. The normalized spacial score (nSPS) is 20.5. The van der Waals surface area contributed by atoms with Gasteiger partial charge in [-0.1, -0.05) is 11.8 Å². The molecule has 2 unspecified atom stereocenters. The van der Waals surface area contributed by atoms with Crippen molar-refractivity contribution in [3.63, 3.8) is 0 Å². The lowest BCUT2D eigenvalue weighted by Gasteiger charge is -2.32. The molecule has 1 aliphatic rings. The van der Waals surface area contributed by atoms with Crippen LogP contribution in [0.25, 0.3) is 0 Å². The largest absolute Gasteiger partial charge is 0.465 e. The van der Waals surface area contributed by atoms with Gasteiger partial charge in [0.1, 0.15) is 17.1 Å². The van der Waals surface area contributed by atoms with Gasteiger partial charge in [0.2, 0.25) is 0 Å². The molecule has 1 aliphatic heterocycles. The fraction of sp³-hybridized carbons (Fsp3) is 0.720. The average molecular weight is 571 g/mol. The van der Waals surface area contributed by atoms with Gasteiger partial charge in [0.05, 0.1) is 18.0 Å². The number of thioether (sulfide) groups is 1. The van der Waals surface area contributed by atoms with Gasteiger partial charge in [-0.2, -0.15) is 10.2 Å². The summed E-state index contributed by atoms with van der Waals surface area (Å²) in [7, 11) is 0. The van der Waals surface area contributed by atoms with Gasteiger partial charge in [0.15, 0.2) is 9.91 Å². The molecule has 0 aromatic heterocycles. The first-order valence-corrected chi connectivity index (χ1v) is 13.5. The number of hydrogen-bond acceptors (Lipinski definition) is 11. The number of rotatable bonds is 9. The summed E-state index contributed by atoms with van der Waals surface area (Å²) in [6, 6.07) is 0. The SMILES string of the molecule is CCN=C1SC(/C(C)=N/NC(=O)OC(C)(C)C)(C(C(=O)OCC)/C(C)=N/NC(=O)OC(C)(C)C)C(=O)N1CC. The molecule has 0 aromatic rings. The molecule has 0 radical (unpaired) electrons. The van der Waals surface area contributed by atoms with Crippen molar-refractivity contribution >= 4 is 52.4 Å². The number of amides is 3. The first-order valence-electron chi connectivity index (χ1n) is 12.7. The molecular formula is C25H42N6O7S. The lowest BCUT2D eigenvalue weighted by Crippen LogP contribution is -2.56. The number of carbonyl (C=O) groups is 4. The van der Waals surface area contributed by atoms with Crippen molar-refractivity contribution in [3.8, 4) is 0 Å². The van der Waals surface area contributed by atoms with Gasteiger partial charge < -0.3 is 14.2 Å². The molecule has 220 valence electrons. The molecule has 1 heterocycles. The highest BCUT2D eigenvalue weighted by Crippen LogP contribution is 2.45. The van der Waals surface area contributed by atoms with Crippen molar-refractivity contribution in [1.82, 2.24) is 15.8 Å². The third-order valence-electron chi connectivity index (χ3n) is 4.98. The Balaban J connectivity index is 3.74. The molecule has 13 nitrogen and oxygen atoms in total. The number of amidine groups is 1. The maximum atomic E-state index is 14.1. The van der Waals surface area contributed by atoms with Crippen LogP contribution in [-0.2, 0) is 23.8 Å². The van der Waals surface area contributed by atoms with Gasteiger partial charge in [-0.25, -0.2) is 20.4 Å². The lowest BCUT2D eigenvalue weighted by molar-refractivity contribution is -0.148. The van der Waals surface area contributed by atoms with Crippen LogP contribution in [0.3, 0.4) is 0 Å². The topological polar surface area (TPSA) is 160 Å². The minimum Gasteiger partial charge on any atom is -0.465 e. The van der Waals surface area contributed by atoms with Crippen LogP contribution >= 0.6 is 11.8 Å². The Morgan fingerprint density at radius 1 is 0.949 bits per heavy atom. The van der Waals surface area contributed by atoms with E-state index < -0.39 is 45.9 Å². The second kappa shape index (κ2) is 13.8. The average Bonchev–Trinajstić information content (AvgIpc) is 3.06. The fourth-order valence-electron chi connectivity index (χ4n) is 3.55. The van der Waals surface area contributed by atoms with Crippen molar-refractivity contribution in [3.05, 3.63) is 0 Å². The van der Waals surface area contributed by atoms with E-state index in [4.69, 9.17) is 14.2 Å². The number of hydrogen-bond donors (Lipinski definition) is 2. The summed E-state index contributed by atoms with van der Waals surface area (Å²) in [6.07, 6.45) is -1.68. The highest BCUT2D eigenvalue weighted by atomic mass is 32.2. The van der Waals surface area contributed by atoms with Gasteiger partial charge in [-0.3, -0.25) is 19.5 Å². The van der Waals surface area contributed by atoms with Crippen molar-refractivity contribution in [2.75, 3.05) is 19.7 Å². The molecule has 0 bridgehead atoms. The third kappa shape index (κ3) is 9.22. The van der Waals surface area contributed by atoms with Crippen LogP contribution in [-0.4, -0.2) is 81.2 Å². The minimum atomic E-state index is -1.74. The number of esters is 1. The van der Waals surface area contributed by atoms with E-state index in [1.165, 1.54) is 18.7 Å². The molecular weight excluding hydrogens is 528 g/mol. The summed E-state index contributed by atoms with van der Waals surface area (Å²) >= 11 is 1.01. The zero-order valence-electron chi connectivity index (χ0n) is 24.8. The van der Waals surface area contributed by atoms with E-state index in [-0.39, 0.29) is 24.6 Å². The van der Waals surface area contributed by atoms with Crippen molar-refractivity contribution in [2.45, 2.75) is 92.1 Å². The maximum Gasteiger partial charge on any atom is 0.428 e. The molecule has 3 amide bonds. The maximum absolute atomic E-state index is 14.1. The van der Waals surface area contributed by atoms with Crippen LogP contribution in [0.4, 0.5) is 9.59 Å². The first kappa shape index (κ1) is 33.9. The summed E-state index contributed by atoms with van der Waals surface area (Å²) in [4.78, 5) is 58.0. The van der Waals surface area contributed by atoms with Gasteiger partial charge in [0.25, 0.3) is 5.91 Å². The molecule has 1 fully saturated rings. The summed E-state index contributed by atoms with van der Waals surface area (Å²) < 4.78 is 14.1. The molecule has 1 saturated heterocycles. The van der Waals surface area contributed by atoms with E-state index in [1.54, 1.807) is 55.4 Å². The number of aliphatic imine (C=N–C) groups is 1. The van der Waals surface area contributed by atoms with Crippen molar-refractivity contribution in [1.29, 1.82) is 0 Å². The van der Waals surface area contributed by atoms with Crippen molar-refractivity contribution < 1.29 is 33.4 Å². The van der Waals surface area contributed by atoms with E-state index >= 15 is 0 Å². The summed E-state index contributed by atoms with van der Waals surface area (Å²) in [6.45, 7) is 19.0. The monoisotopic (exact) mass is 570 g/mol. The number of nitrogens with zero attached hydrogens (tertiary/aromatic N) is 4. The highest BCUT2D eigenvalue weighted by Gasteiger charge is 2.62. The summed E-state index contributed by atoms with van der Waals surface area (Å²) in [5, 5.41) is 8.62. The Morgan fingerprint density at radius 3 is 1.90 bits per heavy atom. The predicted molar refractivity (Wildman–Crippen MR) is 151 cm³/mol. The van der Waals surface area contributed by atoms with Crippen LogP contribution in [0.1, 0.15) is 76.2 Å². The summed E-state index contributed by atoms with van der Waals surface area (Å²) in [5.74, 6) is -2.63.